The van der Waals surface area contributed by atoms with Gasteiger partial charge in [-0.2, -0.15) is 0 Å². The predicted octanol–water partition coefficient (Wildman–Crippen LogP) is 2.16. The van der Waals surface area contributed by atoms with Gasteiger partial charge in [0, 0.05) is 24.8 Å². The molecule has 1 aliphatic rings. The maximum absolute atomic E-state index is 11.6. The van der Waals surface area contributed by atoms with Gasteiger partial charge in [0.15, 0.2) is 5.70 Å². The molecule has 1 aromatic rings. The van der Waals surface area contributed by atoms with E-state index in [9.17, 15) is 4.79 Å². The Morgan fingerprint density at radius 3 is 2.71 bits per heavy atom. The van der Waals surface area contributed by atoms with Crippen molar-refractivity contribution in [1.82, 2.24) is 4.90 Å². The van der Waals surface area contributed by atoms with E-state index in [0.29, 0.717) is 11.6 Å². The van der Waals surface area contributed by atoms with E-state index in [1.165, 1.54) is 0 Å². The fourth-order valence-electron chi connectivity index (χ4n) is 1.39. The summed E-state index contributed by atoms with van der Waals surface area (Å²) < 4.78 is 5.97. The molecule has 5 heteroatoms. The Morgan fingerprint density at radius 1 is 1.35 bits per heavy atom. The summed E-state index contributed by atoms with van der Waals surface area (Å²) in [6.07, 6.45) is 1.63. The summed E-state index contributed by atoms with van der Waals surface area (Å²) in [5, 5.41) is 0. The van der Waals surface area contributed by atoms with Crippen LogP contribution in [0.15, 0.2) is 45.6 Å². The van der Waals surface area contributed by atoms with Crippen LogP contribution in [0.3, 0.4) is 0 Å². The molecule has 0 N–H and O–H groups in total. The standard InChI is InChI=1S/C12H11BrN2O2/c1-15(2)7-10-12(16)17-11(14-10)8-5-3-4-6-9(8)13/h3-7H,1-2H3. The summed E-state index contributed by atoms with van der Waals surface area (Å²) in [5.41, 5.74) is 1.07. The monoisotopic (exact) mass is 294 g/mol. The number of aliphatic imine (C=N–C) groups is 1. The maximum atomic E-state index is 11.6. The molecule has 0 saturated heterocycles. The fraction of sp³-hybridized carbons (Fsp3) is 0.167. The zero-order chi connectivity index (χ0) is 12.4. The number of carbonyl (C=O) groups is 1. The van der Waals surface area contributed by atoms with Crippen LogP contribution in [-0.2, 0) is 9.53 Å². The second-order valence-electron chi connectivity index (χ2n) is 3.76. The van der Waals surface area contributed by atoms with Gasteiger partial charge in [0.25, 0.3) is 0 Å². The van der Waals surface area contributed by atoms with Crippen molar-refractivity contribution in [2.75, 3.05) is 14.1 Å². The van der Waals surface area contributed by atoms with E-state index in [1.54, 1.807) is 11.1 Å². The van der Waals surface area contributed by atoms with Crippen LogP contribution >= 0.6 is 15.9 Å². The van der Waals surface area contributed by atoms with Gasteiger partial charge in [-0.15, -0.1) is 0 Å². The largest absolute Gasteiger partial charge is 0.402 e. The number of benzene rings is 1. The molecular formula is C12H11BrN2O2. The van der Waals surface area contributed by atoms with Gasteiger partial charge in [-0.3, -0.25) is 0 Å². The van der Waals surface area contributed by atoms with Crippen molar-refractivity contribution in [2.45, 2.75) is 0 Å². The number of nitrogens with zero attached hydrogens (tertiary/aromatic N) is 2. The van der Waals surface area contributed by atoms with E-state index in [2.05, 4.69) is 20.9 Å². The summed E-state index contributed by atoms with van der Waals surface area (Å²) in [6, 6.07) is 7.47. The summed E-state index contributed by atoms with van der Waals surface area (Å²) in [5.74, 6) is -0.0972. The minimum absolute atomic E-state index is 0.306. The topological polar surface area (TPSA) is 41.9 Å². The van der Waals surface area contributed by atoms with Crippen molar-refractivity contribution in [3.63, 3.8) is 0 Å². The van der Waals surface area contributed by atoms with Crippen molar-refractivity contribution in [2.24, 2.45) is 4.99 Å². The quantitative estimate of drug-likeness (QED) is 0.620. The first-order valence-electron chi connectivity index (χ1n) is 5.02. The molecule has 0 radical (unpaired) electrons. The minimum Gasteiger partial charge on any atom is -0.402 e. The molecule has 0 saturated carbocycles. The number of hydrogen-bond acceptors (Lipinski definition) is 4. The Balaban J connectivity index is 2.37. The molecule has 88 valence electrons. The minimum atomic E-state index is -0.426. The Bertz CT molecular complexity index is 521. The van der Waals surface area contributed by atoms with E-state index in [4.69, 9.17) is 4.74 Å². The SMILES string of the molecule is CN(C)C=C1N=C(c2ccccc2Br)OC1=O. The van der Waals surface area contributed by atoms with Gasteiger partial charge in [-0.25, -0.2) is 9.79 Å². The van der Waals surface area contributed by atoms with Crippen LogP contribution in [0.2, 0.25) is 0 Å². The summed E-state index contributed by atoms with van der Waals surface area (Å²) in [7, 11) is 3.65. The third-order valence-corrected chi connectivity index (χ3v) is 2.80. The Morgan fingerprint density at radius 2 is 2.06 bits per heavy atom. The molecule has 0 aromatic heterocycles. The lowest BCUT2D eigenvalue weighted by Crippen LogP contribution is -2.08. The number of cyclic esters (lactones) is 1. The lowest BCUT2D eigenvalue weighted by Gasteiger charge is -2.02. The molecular weight excluding hydrogens is 284 g/mol. The second kappa shape index (κ2) is 4.71. The zero-order valence-electron chi connectivity index (χ0n) is 9.48. The normalized spacial score (nSPS) is 17.0. The predicted molar refractivity (Wildman–Crippen MR) is 68.5 cm³/mol. The van der Waals surface area contributed by atoms with Crippen LogP contribution in [0.5, 0.6) is 0 Å². The number of rotatable bonds is 2. The fourth-order valence-corrected chi connectivity index (χ4v) is 1.85. The molecule has 1 heterocycles. The first-order chi connectivity index (χ1) is 8.08. The van der Waals surface area contributed by atoms with Crippen LogP contribution < -0.4 is 0 Å². The zero-order valence-corrected chi connectivity index (χ0v) is 11.1. The van der Waals surface area contributed by atoms with Crippen LogP contribution in [0.25, 0.3) is 0 Å². The first-order valence-corrected chi connectivity index (χ1v) is 5.81. The van der Waals surface area contributed by atoms with E-state index in [-0.39, 0.29) is 0 Å². The molecule has 0 amide bonds. The summed E-state index contributed by atoms with van der Waals surface area (Å²) in [4.78, 5) is 17.5. The number of hydrogen-bond donors (Lipinski definition) is 0. The average Bonchev–Trinajstić information content (AvgIpc) is 2.60. The molecule has 17 heavy (non-hydrogen) atoms. The second-order valence-corrected chi connectivity index (χ2v) is 4.62. The first kappa shape index (κ1) is 11.9. The third-order valence-electron chi connectivity index (χ3n) is 2.11. The van der Waals surface area contributed by atoms with Crippen molar-refractivity contribution in [3.8, 4) is 0 Å². The van der Waals surface area contributed by atoms with Crippen LogP contribution in [0.1, 0.15) is 5.56 Å². The lowest BCUT2D eigenvalue weighted by atomic mass is 10.2. The maximum Gasteiger partial charge on any atom is 0.365 e. The van der Waals surface area contributed by atoms with Gasteiger partial charge in [0.05, 0.1) is 5.56 Å². The molecule has 1 aliphatic heterocycles. The third kappa shape index (κ3) is 2.55. The molecule has 2 rings (SSSR count). The van der Waals surface area contributed by atoms with Crippen LogP contribution in [-0.4, -0.2) is 30.9 Å². The molecule has 0 fully saturated rings. The highest BCUT2D eigenvalue weighted by atomic mass is 79.9. The van der Waals surface area contributed by atoms with Gasteiger partial charge in [-0.1, -0.05) is 12.1 Å². The molecule has 4 nitrogen and oxygen atoms in total. The molecule has 0 unspecified atom stereocenters. The summed E-state index contributed by atoms with van der Waals surface area (Å²) in [6.45, 7) is 0. The smallest absolute Gasteiger partial charge is 0.365 e. The Kier molecular flexibility index (Phi) is 3.28. The van der Waals surface area contributed by atoms with E-state index < -0.39 is 5.97 Å². The Hall–Kier alpha value is -1.62. The van der Waals surface area contributed by atoms with E-state index in [0.717, 1.165) is 10.0 Å². The van der Waals surface area contributed by atoms with Gasteiger partial charge < -0.3 is 9.64 Å². The molecule has 1 aromatic carbocycles. The lowest BCUT2D eigenvalue weighted by molar-refractivity contribution is -0.130. The highest BCUT2D eigenvalue weighted by Crippen LogP contribution is 2.22. The van der Waals surface area contributed by atoms with Crippen molar-refractivity contribution in [3.05, 3.63) is 46.2 Å². The summed E-state index contributed by atoms with van der Waals surface area (Å²) >= 11 is 3.39. The Labute approximate surface area is 108 Å². The number of esters is 1. The average molecular weight is 295 g/mol. The van der Waals surface area contributed by atoms with E-state index >= 15 is 0 Å². The van der Waals surface area contributed by atoms with Crippen molar-refractivity contribution in [1.29, 1.82) is 0 Å². The van der Waals surface area contributed by atoms with Gasteiger partial charge in [0.2, 0.25) is 5.90 Å². The van der Waals surface area contributed by atoms with Crippen LogP contribution in [0, 0.1) is 0 Å². The molecule has 0 atom stereocenters. The molecule has 0 bridgehead atoms. The van der Waals surface area contributed by atoms with Crippen molar-refractivity contribution < 1.29 is 9.53 Å². The van der Waals surface area contributed by atoms with E-state index in [1.807, 2.05) is 38.4 Å². The van der Waals surface area contributed by atoms with Gasteiger partial charge in [0.1, 0.15) is 0 Å². The highest BCUT2D eigenvalue weighted by molar-refractivity contribution is 9.10. The highest BCUT2D eigenvalue weighted by Gasteiger charge is 2.25. The number of halogens is 1. The van der Waals surface area contributed by atoms with Gasteiger partial charge in [-0.05, 0) is 28.1 Å². The van der Waals surface area contributed by atoms with Crippen molar-refractivity contribution >= 4 is 27.8 Å². The van der Waals surface area contributed by atoms with Crippen LogP contribution in [0.4, 0.5) is 0 Å². The molecule has 0 spiro atoms. The number of ether oxygens (including phenoxy) is 1. The molecule has 0 aliphatic carbocycles. The number of carbonyl (C=O) groups excluding carboxylic acids is 1. The van der Waals surface area contributed by atoms with Gasteiger partial charge >= 0.3 is 5.97 Å².